The number of aldehydes is 1. The third-order valence-electron chi connectivity index (χ3n) is 6.47. The van der Waals surface area contributed by atoms with Crippen molar-refractivity contribution in [2.45, 2.75) is 83.4 Å². The molecule has 1 aromatic carbocycles. The number of pyridine rings is 1. The van der Waals surface area contributed by atoms with E-state index in [2.05, 4.69) is 36.3 Å². The smallest absolute Gasteiger partial charge is 0.410 e. The van der Waals surface area contributed by atoms with Gasteiger partial charge in [-0.15, -0.1) is 11.8 Å². The fourth-order valence-electron chi connectivity index (χ4n) is 4.93. The van der Waals surface area contributed by atoms with Crippen LogP contribution in [0.1, 0.15) is 71.2 Å². The monoisotopic (exact) mass is 664 g/mol. The van der Waals surface area contributed by atoms with Crippen LogP contribution in [0.4, 0.5) is 9.18 Å². The highest BCUT2D eigenvalue weighted by atomic mass is 79.9. The van der Waals surface area contributed by atoms with Crippen LogP contribution in [0.2, 0.25) is 0 Å². The van der Waals surface area contributed by atoms with Gasteiger partial charge in [0.1, 0.15) is 22.4 Å². The second-order valence-corrected chi connectivity index (χ2v) is 12.2. The molecule has 4 rings (SSSR count). The summed E-state index contributed by atoms with van der Waals surface area (Å²) in [6, 6.07) is 6.02. The minimum atomic E-state index is -0.593. The van der Waals surface area contributed by atoms with E-state index in [0.717, 1.165) is 22.9 Å². The number of nitriles is 1. The van der Waals surface area contributed by atoms with E-state index >= 15 is 4.39 Å². The Kier molecular flexibility index (Phi) is 13.7. The molecule has 1 unspecified atom stereocenters. The highest BCUT2D eigenvalue weighted by Crippen LogP contribution is 2.41. The normalized spacial score (nSPS) is 14.6. The van der Waals surface area contributed by atoms with Crippen LogP contribution in [-0.4, -0.2) is 66.0 Å². The number of nitrogens with zero attached hydrogens (tertiary/aromatic N) is 4. The van der Waals surface area contributed by atoms with Gasteiger partial charge in [0.2, 0.25) is 0 Å². The van der Waals surface area contributed by atoms with Gasteiger partial charge in [0.15, 0.2) is 5.82 Å². The molecule has 1 saturated heterocycles. The molecule has 0 bridgehead atoms. The van der Waals surface area contributed by atoms with Crippen molar-refractivity contribution in [1.29, 1.82) is 5.26 Å². The topological polar surface area (TPSA) is 97.5 Å². The number of halogens is 2. The number of hydrogen-bond donors (Lipinski definition) is 0. The Morgan fingerprint density at radius 1 is 1.26 bits per heavy atom. The first-order valence-corrected chi connectivity index (χ1v) is 16.1. The lowest BCUT2D eigenvalue weighted by Crippen LogP contribution is -2.35. The minimum absolute atomic E-state index is 0.0683. The van der Waals surface area contributed by atoms with Gasteiger partial charge in [-0.2, -0.15) is 5.26 Å². The largest absolute Gasteiger partial charge is 0.444 e. The molecule has 1 aliphatic heterocycles. The van der Waals surface area contributed by atoms with Gasteiger partial charge in [0, 0.05) is 56.6 Å². The first kappa shape index (κ1) is 35.5. The molecule has 1 aliphatic rings. The van der Waals surface area contributed by atoms with Crippen LogP contribution in [0.3, 0.4) is 0 Å². The zero-order valence-corrected chi connectivity index (χ0v) is 28.2. The second kappa shape index (κ2) is 16.2. The maximum atomic E-state index is 15.6. The lowest BCUT2D eigenvalue weighted by Gasteiger charge is -2.25. The summed E-state index contributed by atoms with van der Waals surface area (Å²) in [7, 11) is 3.25. The van der Waals surface area contributed by atoms with Gasteiger partial charge < -0.3 is 23.7 Å². The van der Waals surface area contributed by atoms with Crippen molar-refractivity contribution in [3.8, 4) is 6.07 Å². The van der Waals surface area contributed by atoms with Crippen molar-refractivity contribution >= 4 is 61.9 Å². The zero-order valence-electron chi connectivity index (χ0n) is 25.8. The molecule has 1 fully saturated rings. The third kappa shape index (κ3) is 8.23. The molecule has 0 radical (unpaired) electrons. The van der Waals surface area contributed by atoms with E-state index in [1.54, 1.807) is 19.1 Å². The van der Waals surface area contributed by atoms with Crippen LogP contribution in [0.15, 0.2) is 21.6 Å². The van der Waals surface area contributed by atoms with E-state index in [4.69, 9.17) is 10.00 Å². The van der Waals surface area contributed by atoms with Crippen molar-refractivity contribution in [2.75, 3.05) is 33.6 Å². The summed E-state index contributed by atoms with van der Waals surface area (Å²) in [4.78, 5) is 30.5. The quantitative estimate of drug-likeness (QED) is 0.187. The van der Waals surface area contributed by atoms with E-state index in [1.807, 2.05) is 53.0 Å². The zero-order chi connectivity index (χ0) is 31.6. The predicted octanol–water partition coefficient (Wildman–Crippen LogP) is 7.87. The Morgan fingerprint density at radius 3 is 2.50 bits per heavy atom. The number of rotatable bonds is 7. The number of carbonyl (C=O) groups is 2. The molecule has 1 atom stereocenters. The summed E-state index contributed by atoms with van der Waals surface area (Å²) in [5.41, 5.74) is 2.16. The summed E-state index contributed by atoms with van der Waals surface area (Å²) in [5.74, 6) is -0.452. The molecule has 3 aromatic rings. The number of methoxy groups -OCH3 is 1. The Hall–Kier alpha value is -2.68. The van der Waals surface area contributed by atoms with Gasteiger partial charge in [-0.05, 0) is 79.9 Å². The summed E-state index contributed by atoms with van der Waals surface area (Å²) in [6.07, 6.45) is 4.70. The van der Waals surface area contributed by atoms with E-state index in [9.17, 15) is 9.59 Å². The Balaban J connectivity index is 0.00000116. The summed E-state index contributed by atoms with van der Waals surface area (Å²) >= 11 is 4.82. The number of aryl methyl sites for hydroxylation is 2. The number of benzene rings is 1. The van der Waals surface area contributed by atoms with Gasteiger partial charge in [-0.1, -0.05) is 13.8 Å². The number of thioether (sulfide) groups is 1. The first-order valence-electron chi connectivity index (χ1n) is 14.1. The number of likely N-dealkylation sites (tertiary alicyclic amines) is 1. The van der Waals surface area contributed by atoms with Gasteiger partial charge in [-0.25, -0.2) is 14.2 Å². The van der Waals surface area contributed by atoms with Crippen molar-refractivity contribution in [3.63, 3.8) is 0 Å². The minimum Gasteiger partial charge on any atom is -0.444 e. The molecular formula is C31H42BrFN4O4S. The first-order chi connectivity index (χ1) is 20.0. The lowest BCUT2D eigenvalue weighted by atomic mass is 10.0. The molecule has 42 heavy (non-hydrogen) atoms. The lowest BCUT2D eigenvalue weighted by molar-refractivity contribution is -0.107. The van der Waals surface area contributed by atoms with E-state index < -0.39 is 11.4 Å². The van der Waals surface area contributed by atoms with Gasteiger partial charge in [0.05, 0.1) is 22.1 Å². The number of fused-ring (bicyclic) bond motifs is 3. The molecular weight excluding hydrogens is 623 g/mol. The standard InChI is InChI=1S/C27H30BrFN4O3S.C2H6O.C2H6/c1-27(2,3)36-26(35)32-11-9-18(15-32)33-17(8-6-12-34)14-20-24(33)19-13-16(7-5-10-30)21(28)22(29)23(19)31-25(20)37-4;1-3-2;1-2/h12-14,18H,5-9,11,15H2,1-4H3;1-2H3;1-2H3. The number of hydrogen-bond acceptors (Lipinski definition) is 7. The summed E-state index contributed by atoms with van der Waals surface area (Å²) < 4.78 is 28.0. The van der Waals surface area contributed by atoms with Crippen LogP contribution in [0.25, 0.3) is 21.8 Å². The Morgan fingerprint density at radius 2 is 1.93 bits per heavy atom. The Bertz CT molecular complexity index is 1430. The molecule has 8 nitrogen and oxygen atoms in total. The van der Waals surface area contributed by atoms with Crippen LogP contribution in [-0.2, 0) is 27.1 Å². The van der Waals surface area contributed by atoms with Crippen molar-refractivity contribution in [3.05, 3.63) is 33.7 Å². The average molecular weight is 666 g/mol. The van der Waals surface area contributed by atoms with Crippen molar-refractivity contribution in [2.24, 2.45) is 0 Å². The van der Waals surface area contributed by atoms with Crippen LogP contribution in [0.5, 0.6) is 0 Å². The van der Waals surface area contributed by atoms with Crippen LogP contribution < -0.4 is 0 Å². The van der Waals surface area contributed by atoms with Gasteiger partial charge in [0.25, 0.3) is 0 Å². The molecule has 0 N–H and O–H groups in total. The number of carbonyl (C=O) groups excluding carboxylic acids is 2. The molecule has 0 spiro atoms. The molecule has 3 heterocycles. The van der Waals surface area contributed by atoms with Gasteiger partial charge >= 0.3 is 6.09 Å². The van der Waals surface area contributed by atoms with E-state index in [0.29, 0.717) is 59.2 Å². The maximum absolute atomic E-state index is 15.6. The fraction of sp³-hybridized carbons (Fsp3) is 0.548. The fourth-order valence-corrected chi connectivity index (χ4v) is 5.98. The summed E-state index contributed by atoms with van der Waals surface area (Å²) in [6.45, 7) is 10.5. The van der Waals surface area contributed by atoms with Crippen molar-refractivity contribution in [1.82, 2.24) is 14.5 Å². The molecule has 2 aromatic heterocycles. The maximum Gasteiger partial charge on any atom is 0.410 e. The third-order valence-corrected chi connectivity index (χ3v) is 8.02. The number of ether oxygens (including phenoxy) is 2. The van der Waals surface area contributed by atoms with Crippen LogP contribution >= 0.6 is 27.7 Å². The number of aromatic nitrogens is 2. The SMILES string of the molecule is CC.COC.CSc1nc2c(F)c(Br)c(CCC#N)cc2c2c1cc(CCC=O)n2C1CCN(C(=O)OC(C)(C)C)C1. The second-order valence-electron chi connectivity index (χ2n) is 10.6. The molecule has 11 heteroatoms. The summed E-state index contributed by atoms with van der Waals surface area (Å²) in [5, 5.41) is 11.4. The average Bonchev–Trinajstić information content (AvgIpc) is 3.58. The molecule has 1 amide bonds. The molecule has 230 valence electrons. The van der Waals surface area contributed by atoms with E-state index in [1.165, 1.54) is 11.8 Å². The van der Waals surface area contributed by atoms with Gasteiger partial charge in [-0.3, -0.25) is 0 Å². The highest BCUT2D eigenvalue weighted by Gasteiger charge is 2.33. The van der Waals surface area contributed by atoms with Crippen LogP contribution in [0, 0.1) is 17.1 Å². The predicted molar refractivity (Wildman–Crippen MR) is 171 cm³/mol. The molecule has 0 aliphatic carbocycles. The van der Waals surface area contributed by atoms with E-state index in [-0.39, 0.29) is 24.1 Å². The molecule has 0 saturated carbocycles. The highest BCUT2D eigenvalue weighted by molar-refractivity contribution is 9.10. The number of amides is 1. The Labute approximate surface area is 261 Å². The van der Waals surface area contributed by atoms with Crippen molar-refractivity contribution < 1.29 is 23.5 Å².